The third-order valence-corrected chi connectivity index (χ3v) is 5.38. The van der Waals surface area contributed by atoms with E-state index in [9.17, 15) is 14.3 Å². The van der Waals surface area contributed by atoms with E-state index in [2.05, 4.69) is 15.8 Å². The van der Waals surface area contributed by atoms with Crippen molar-refractivity contribution < 1.29 is 24.2 Å². The Morgan fingerprint density at radius 3 is 2.96 bits per heavy atom. The fourth-order valence-electron chi connectivity index (χ4n) is 2.25. The number of hydroxylamine groups is 1. The number of aliphatic hydroxyl groups excluding tert-OH is 2. The Kier molecular flexibility index (Phi) is 6.55. The van der Waals surface area contributed by atoms with E-state index in [1.54, 1.807) is 30.6 Å². The molecule has 2 heterocycles. The van der Waals surface area contributed by atoms with Crippen LogP contribution in [0.1, 0.15) is 9.67 Å². The molecule has 1 atom stereocenters. The van der Waals surface area contributed by atoms with Gasteiger partial charge in [-0.25, -0.2) is 9.87 Å². The molecule has 0 fully saturated rings. The number of fused-ring (bicyclic) bond motifs is 1. The maximum absolute atomic E-state index is 14.2. The molecule has 1 amide bonds. The van der Waals surface area contributed by atoms with Crippen LogP contribution in [0.5, 0.6) is 0 Å². The van der Waals surface area contributed by atoms with Gasteiger partial charge in [0.1, 0.15) is 23.4 Å². The number of nitrogens with one attached hydrogen (secondary N) is 2. The van der Waals surface area contributed by atoms with Crippen molar-refractivity contribution >= 4 is 61.3 Å². The standard InChI is InChI=1S/C17H15FIN3O4S/c18-12-5-9(19)1-2-13(12)21-15-11-6-20-4-3-14(11)27-16(15)17(25)22-26-8-10(24)7-23/h1-6,10,21,23-24H,7-8H2,(H,22,25)/t10-/m1/s1. The molecule has 0 bridgehead atoms. The molecular weight excluding hydrogens is 488 g/mol. The summed E-state index contributed by atoms with van der Waals surface area (Å²) in [5.41, 5.74) is 2.86. The van der Waals surface area contributed by atoms with Crippen LogP contribution >= 0.6 is 33.9 Å². The third-order valence-electron chi connectivity index (χ3n) is 3.54. The molecule has 0 spiro atoms. The molecule has 4 N–H and O–H groups in total. The van der Waals surface area contributed by atoms with E-state index in [1.165, 1.54) is 17.4 Å². The summed E-state index contributed by atoms with van der Waals surface area (Å²) in [5, 5.41) is 21.7. The second kappa shape index (κ2) is 8.89. The molecule has 0 saturated carbocycles. The summed E-state index contributed by atoms with van der Waals surface area (Å²) >= 11 is 3.21. The van der Waals surface area contributed by atoms with Crippen LogP contribution in [0.3, 0.4) is 0 Å². The number of aliphatic hydroxyl groups is 2. The maximum atomic E-state index is 14.2. The van der Waals surface area contributed by atoms with E-state index in [-0.39, 0.29) is 17.2 Å². The van der Waals surface area contributed by atoms with Gasteiger partial charge in [0.05, 0.1) is 18.0 Å². The summed E-state index contributed by atoms with van der Waals surface area (Å²) in [6, 6.07) is 6.47. The molecule has 7 nitrogen and oxygen atoms in total. The number of benzene rings is 1. The number of thiophene rings is 1. The van der Waals surface area contributed by atoms with Gasteiger partial charge in [0.25, 0.3) is 5.91 Å². The largest absolute Gasteiger partial charge is 0.394 e. The Morgan fingerprint density at radius 1 is 1.41 bits per heavy atom. The molecule has 0 aliphatic carbocycles. The Hall–Kier alpha value is -1.86. The van der Waals surface area contributed by atoms with Gasteiger partial charge < -0.3 is 15.5 Å². The number of aromatic nitrogens is 1. The third kappa shape index (κ3) is 4.71. The Balaban J connectivity index is 1.90. The molecule has 0 radical (unpaired) electrons. The first-order chi connectivity index (χ1) is 13.0. The number of rotatable bonds is 7. The number of hydrogen-bond donors (Lipinski definition) is 4. The second-order valence-electron chi connectivity index (χ2n) is 5.51. The summed E-state index contributed by atoms with van der Waals surface area (Å²) in [6.45, 7) is -0.744. The SMILES string of the molecule is O=C(NOC[C@H](O)CO)c1sc2ccncc2c1Nc1ccc(I)cc1F. The van der Waals surface area contributed by atoms with Gasteiger partial charge in [-0.15, -0.1) is 11.3 Å². The van der Waals surface area contributed by atoms with Crippen molar-refractivity contribution in [2.45, 2.75) is 6.10 Å². The van der Waals surface area contributed by atoms with Crippen LogP contribution in [-0.2, 0) is 4.84 Å². The molecule has 0 aliphatic heterocycles. The van der Waals surface area contributed by atoms with Crippen LogP contribution in [0.15, 0.2) is 36.7 Å². The van der Waals surface area contributed by atoms with Crippen molar-refractivity contribution in [1.29, 1.82) is 0 Å². The van der Waals surface area contributed by atoms with Crippen LogP contribution in [-0.4, -0.2) is 40.4 Å². The first-order valence-electron chi connectivity index (χ1n) is 7.79. The van der Waals surface area contributed by atoms with Crippen molar-refractivity contribution in [3.05, 3.63) is 50.9 Å². The van der Waals surface area contributed by atoms with E-state index in [4.69, 9.17) is 9.94 Å². The molecular formula is C17H15FIN3O4S. The molecule has 1 aromatic carbocycles. The topological polar surface area (TPSA) is 104 Å². The van der Waals surface area contributed by atoms with Gasteiger partial charge >= 0.3 is 0 Å². The van der Waals surface area contributed by atoms with Gasteiger partial charge in [-0.1, -0.05) is 0 Å². The molecule has 0 saturated heterocycles. The Morgan fingerprint density at radius 2 is 2.22 bits per heavy atom. The minimum atomic E-state index is -1.10. The first kappa shape index (κ1) is 19.9. The zero-order valence-electron chi connectivity index (χ0n) is 13.8. The highest BCUT2D eigenvalue weighted by Gasteiger charge is 2.20. The number of carbonyl (C=O) groups excluding carboxylic acids is 1. The van der Waals surface area contributed by atoms with Crippen LogP contribution in [0.4, 0.5) is 15.8 Å². The van der Waals surface area contributed by atoms with Crippen LogP contribution in [0.2, 0.25) is 0 Å². The van der Waals surface area contributed by atoms with E-state index >= 15 is 0 Å². The molecule has 142 valence electrons. The highest BCUT2D eigenvalue weighted by Crippen LogP contribution is 2.37. The number of anilines is 2. The number of pyridine rings is 1. The summed E-state index contributed by atoms with van der Waals surface area (Å²) in [5.74, 6) is -1.01. The van der Waals surface area contributed by atoms with E-state index in [1.807, 2.05) is 22.6 Å². The zero-order chi connectivity index (χ0) is 19.4. The summed E-state index contributed by atoms with van der Waals surface area (Å²) in [6.07, 6.45) is 2.09. The lowest BCUT2D eigenvalue weighted by Crippen LogP contribution is -2.29. The van der Waals surface area contributed by atoms with Gasteiger partial charge in [0.2, 0.25) is 0 Å². The highest BCUT2D eigenvalue weighted by atomic mass is 127. The summed E-state index contributed by atoms with van der Waals surface area (Å²) < 4.78 is 15.8. The van der Waals surface area contributed by atoms with Gasteiger partial charge in [-0.3, -0.25) is 14.6 Å². The number of halogens is 2. The van der Waals surface area contributed by atoms with Gasteiger partial charge in [-0.2, -0.15) is 0 Å². The molecule has 10 heteroatoms. The van der Waals surface area contributed by atoms with Gasteiger partial charge in [-0.05, 0) is 46.9 Å². The van der Waals surface area contributed by atoms with Crippen molar-refractivity contribution in [2.24, 2.45) is 0 Å². The molecule has 3 aromatic rings. The average molecular weight is 503 g/mol. The van der Waals surface area contributed by atoms with Crippen molar-refractivity contribution in [3.8, 4) is 0 Å². The molecule has 0 aliphatic rings. The smallest absolute Gasteiger partial charge is 0.287 e. The summed E-state index contributed by atoms with van der Waals surface area (Å²) in [4.78, 5) is 21.8. The summed E-state index contributed by atoms with van der Waals surface area (Å²) in [7, 11) is 0. The Labute approximate surface area is 171 Å². The predicted octanol–water partition coefficient (Wildman–Crippen LogP) is 2.80. The Bertz CT molecular complexity index is 969. The first-order valence-corrected chi connectivity index (χ1v) is 9.68. The number of hydrogen-bond acceptors (Lipinski definition) is 7. The lowest BCUT2D eigenvalue weighted by molar-refractivity contribution is -0.0293. The van der Waals surface area contributed by atoms with Crippen molar-refractivity contribution in [2.75, 3.05) is 18.5 Å². The lowest BCUT2D eigenvalue weighted by atomic mass is 10.2. The fourth-order valence-corrected chi connectivity index (χ4v) is 3.72. The quantitative estimate of drug-likeness (QED) is 0.292. The molecule has 0 unspecified atom stereocenters. The second-order valence-corrected chi connectivity index (χ2v) is 7.80. The number of carbonyl (C=O) groups is 1. The molecule has 27 heavy (non-hydrogen) atoms. The lowest BCUT2D eigenvalue weighted by Gasteiger charge is -2.11. The predicted molar refractivity (Wildman–Crippen MR) is 109 cm³/mol. The highest BCUT2D eigenvalue weighted by molar-refractivity contribution is 14.1. The zero-order valence-corrected chi connectivity index (χ0v) is 16.8. The van der Waals surface area contributed by atoms with Crippen LogP contribution in [0, 0.1) is 9.39 Å². The van der Waals surface area contributed by atoms with Gasteiger partial charge in [0, 0.05) is 26.1 Å². The van der Waals surface area contributed by atoms with Gasteiger partial charge in [0.15, 0.2) is 0 Å². The number of nitrogens with zero attached hydrogens (tertiary/aromatic N) is 1. The van der Waals surface area contributed by atoms with Crippen LogP contribution in [0.25, 0.3) is 10.1 Å². The molecule has 3 rings (SSSR count). The van der Waals surface area contributed by atoms with Crippen LogP contribution < -0.4 is 10.8 Å². The fraction of sp³-hybridized carbons (Fsp3) is 0.176. The molecule has 2 aromatic heterocycles. The maximum Gasteiger partial charge on any atom is 0.287 e. The van der Waals surface area contributed by atoms with E-state index in [0.29, 0.717) is 11.1 Å². The van der Waals surface area contributed by atoms with E-state index < -0.39 is 24.4 Å². The number of amides is 1. The monoisotopic (exact) mass is 503 g/mol. The minimum absolute atomic E-state index is 0.227. The normalized spacial score (nSPS) is 12.1. The van der Waals surface area contributed by atoms with Crippen molar-refractivity contribution in [1.82, 2.24) is 10.5 Å². The minimum Gasteiger partial charge on any atom is -0.394 e. The average Bonchev–Trinajstić information content (AvgIpc) is 3.02. The van der Waals surface area contributed by atoms with Crippen molar-refractivity contribution in [3.63, 3.8) is 0 Å². The van der Waals surface area contributed by atoms with E-state index in [0.717, 1.165) is 8.27 Å².